The molecule has 0 unspecified atom stereocenters. The van der Waals surface area contributed by atoms with Crippen LogP contribution in [0.5, 0.6) is 0 Å². The Morgan fingerprint density at radius 1 is 0.400 bits per heavy atom. The molecule has 266 valence electrons. The summed E-state index contributed by atoms with van der Waals surface area (Å²) in [6, 6.07) is 0. The maximum atomic E-state index is 11.0. The van der Waals surface area contributed by atoms with Gasteiger partial charge in [-0.3, -0.25) is 9.59 Å². The Morgan fingerprint density at radius 3 is 0.911 bits per heavy atom. The van der Waals surface area contributed by atoms with Crippen LogP contribution in [0, 0.1) is 0 Å². The van der Waals surface area contributed by atoms with Gasteiger partial charge >= 0.3 is 11.9 Å². The number of carbonyl (C=O) groups excluding carboxylic acids is 1. The molecule has 0 heterocycles. The van der Waals surface area contributed by atoms with E-state index in [4.69, 9.17) is 10.2 Å². The van der Waals surface area contributed by atoms with Gasteiger partial charge in [0, 0.05) is 18.8 Å². The first kappa shape index (κ1) is 43.4. The molecule has 45 heavy (non-hydrogen) atoms. The lowest BCUT2D eigenvalue weighted by molar-refractivity contribution is -0.929. The van der Waals surface area contributed by atoms with E-state index in [-0.39, 0.29) is 19.3 Å². The van der Waals surface area contributed by atoms with Gasteiger partial charge in [-0.1, -0.05) is 129 Å². The molecule has 0 bridgehead atoms. The van der Waals surface area contributed by atoms with E-state index in [1.807, 2.05) is 0 Å². The summed E-state index contributed by atoms with van der Waals surface area (Å²) in [5.41, 5.74) is 0. The molecule has 0 aromatic rings. The molecule has 0 atom stereocenters. The van der Waals surface area contributed by atoms with E-state index in [9.17, 15) is 19.5 Å². The van der Waals surface area contributed by atoms with Crippen molar-refractivity contribution in [1.82, 2.24) is 0 Å². The largest absolute Gasteiger partial charge is 0.550 e. The minimum Gasteiger partial charge on any atom is -0.550 e. The second-order valence-corrected chi connectivity index (χ2v) is 13.8. The highest BCUT2D eigenvalue weighted by Gasteiger charge is 2.26. The summed E-state index contributed by atoms with van der Waals surface area (Å²) in [6.07, 6.45) is 33.3. The fourth-order valence-corrected chi connectivity index (χ4v) is 6.71. The normalized spacial score (nSPS) is 11.7. The monoisotopic (exact) mass is 640 g/mol. The summed E-state index contributed by atoms with van der Waals surface area (Å²) in [5.74, 6) is -2.55. The maximum Gasteiger partial charge on any atom is 0.303 e. The lowest BCUT2D eigenvalue weighted by Gasteiger charge is -2.39. The first-order chi connectivity index (χ1) is 21.8. The zero-order valence-corrected chi connectivity index (χ0v) is 29.5. The molecule has 0 saturated carbocycles. The molecule has 0 aliphatic heterocycles. The van der Waals surface area contributed by atoms with Crippen LogP contribution >= 0.6 is 0 Å². The van der Waals surface area contributed by atoms with E-state index in [1.165, 1.54) is 128 Å². The Balaban J connectivity index is 4.15. The molecular formula is C38H73NO6. The van der Waals surface area contributed by atoms with Gasteiger partial charge in [-0.05, 0) is 57.8 Å². The molecule has 0 spiro atoms. The number of hydrogen-bond acceptors (Lipinski definition) is 4. The van der Waals surface area contributed by atoms with Crippen LogP contribution in [0.1, 0.15) is 200 Å². The highest BCUT2D eigenvalue weighted by Crippen LogP contribution is 2.20. The molecule has 0 aliphatic rings. The van der Waals surface area contributed by atoms with Gasteiger partial charge in [0.2, 0.25) is 0 Å². The van der Waals surface area contributed by atoms with Crippen LogP contribution in [-0.4, -0.2) is 58.8 Å². The van der Waals surface area contributed by atoms with Crippen molar-refractivity contribution >= 4 is 17.9 Å². The number of quaternary nitrogens is 1. The predicted octanol–water partition coefficient (Wildman–Crippen LogP) is 9.45. The third kappa shape index (κ3) is 32.1. The molecule has 0 fully saturated rings. The molecule has 0 radical (unpaired) electrons. The van der Waals surface area contributed by atoms with Crippen molar-refractivity contribution in [2.75, 3.05) is 26.2 Å². The van der Waals surface area contributed by atoms with Crippen molar-refractivity contribution in [3.63, 3.8) is 0 Å². The van der Waals surface area contributed by atoms with Gasteiger partial charge in [0.25, 0.3) is 0 Å². The SMILES string of the molecule is CCCCCCCCCCCCCCCCCCCCCCC[N+](CCCCC(=O)[O-])(CCCCC(=O)O)CCCCC(=O)O. The van der Waals surface area contributed by atoms with Crippen molar-refractivity contribution in [3.8, 4) is 0 Å². The van der Waals surface area contributed by atoms with Crippen molar-refractivity contribution in [2.24, 2.45) is 0 Å². The predicted molar refractivity (Wildman–Crippen MR) is 184 cm³/mol. The molecule has 7 nitrogen and oxygen atoms in total. The van der Waals surface area contributed by atoms with Crippen molar-refractivity contribution in [3.05, 3.63) is 0 Å². The first-order valence-corrected chi connectivity index (χ1v) is 19.3. The minimum atomic E-state index is -1.01. The third-order valence-electron chi connectivity index (χ3n) is 9.55. The summed E-state index contributed by atoms with van der Waals surface area (Å²) in [7, 11) is 0. The molecule has 0 aromatic heterocycles. The first-order valence-electron chi connectivity index (χ1n) is 19.3. The Bertz CT molecular complexity index is 643. The van der Waals surface area contributed by atoms with Gasteiger partial charge < -0.3 is 24.6 Å². The van der Waals surface area contributed by atoms with Crippen molar-refractivity contribution < 1.29 is 34.2 Å². The number of aliphatic carboxylic acids is 3. The highest BCUT2D eigenvalue weighted by molar-refractivity contribution is 5.66. The zero-order chi connectivity index (χ0) is 33.3. The summed E-state index contributed by atoms with van der Waals surface area (Å²) < 4.78 is 0.853. The van der Waals surface area contributed by atoms with Gasteiger partial charge in [0.05, 0.1) is 26.2 Å². The van der Waals surface area contributed by atoms with Crippen LogP contribution in [0.3, 0.4) is 0 Å². The number of hydrogen-bond donors (Lipinski definition) is 2. The topological polar surface area (TPSA) is 115 Å². The smallest absolute Gasteiger partial charge is 0.303 e. The van der Waals surface area contributed by atoms with E-state index >= 15 is 0 Å². The number of carbonyl (C=O) groups is 3. The number of carboxylic acids is 3. The average molecular weight is 640 g/mol. The number of rotatable bonds is 37. The van der Waals surface area contributed by atoms with Gasteiger partial charge in [-0.2, -0.15) is 0 Å². The van der Waals surface area contributed by atoms with Crippen LogP contribution in [0.25, 0.3) is 0 Å². The van der Waals surface area contributed by atoms with E-state index in [0.29, 0.717) is 19.3 Å². The summed E-state index contributed by atoms with van der Waals surface area (Å²) in [4.78, 5) is 33.0. The Morgan fingerprint density at radius 2 is 0.644 bits per heavy atom. The quantitative estimate of drug-likeness (QED) is 0.0517. The summed E-state index contributed by atoms with van der Waals surface area (Å²) in [6.45, 7) is 5.91. The fraction of sp³-hybridized carbons (Fsp3) is 0.921. The van der Waals surface area contributed by atoms with Crippen LogP contribution < -0.4 is 5.11 Å². The molecule has 0 saturated heterocycles. The van der Waals surface area contributed by atoms with E-state index in [2.05, 4.69) is 6.92 Å². The Labute approximate surface area is 277 Å². The van der Waals surface area contributed by atoms with Crippen molar-refractivity contribution in [2.45, 2.75) is 200 Å². The molecule has 0 aromatic carbocycles. The lowest BCUT2D eigenvalue weighted by Crippen LogP contribution is -2.51. The minimum absolute atomic E-state index is 0.0669. The van der Waals surface area contributed by atoms with Crippen LogP contribution in [-0.2, 0) is 14.4 Å². The van der Waals surface area contributed by atoms with Gasteiger partial charge in [0.15, 0.2) is 0 Å². The molecule has 2 N–H and O–H groups in total. The van der Waals surface area contributed by atoms with E-state index in [0.717, 1.165) is 56.3 Å². The van der Waals surface area contributed by atoms with Gasteiger partial charge in [0.1, 0.15) is 0 Å². The number of unbranched alkanes of at least 4 members (excludes halogenated alkanes) is 23. The molecule has 0 aliphatic carbocycles. The molecule has 0 rings (SSSR count). The second-order valence-electron chi connectivity index (χ2n) is 13.8. The van der Waals surface area contributed by atoms with E-state index < -0.39 is 17.9 Å². The molecule has 7 heteroatoms. The summed E-state index contributed by atoms with van der Waals surface area (Å²) >= 11 is 0. The average Bonchev–Trinajstić information content (AvgIpc) is 3.00. The molecule has 0 amide bonds. The fourth-order valence-electron chi connectivity index (χ4n) is 6.71. The van der Waals surface area contributed by atoms with Crippen LogP contribution in [0.2, 0.25) is 0 Å². The van der Waals surface area contributed by atoms with Gasteiger partial charge in [-0.25, -0.2) is 0 Å². The number of nitrogens with zero attached hydrogens (tertiary/aromatic N) is 1. The third-order valence-corrected chi connectivity index (χ3v) is 9.55. The standard InChI is InChI=1S/C38H73NO6/c1-2-3-4-5-6-7-8-9-10-11-12-13-14-15-16-17-18-19-20-21-25-32-39(33-26-22-29-36(40)41,34-27-23-30-37(42)43)35-28-24-31-38(44)45/h2-35H2,1H3,(H2-,40,41,42,43,44,45). The van der Waals surface area contributed by atoms with Crippen molar-refractivity contribution in [1.29, 1.82) is 0 Å². The Hall–Kier alpha value is -1.63. The number of carboxylic acid groups (broad SMARTS) is 3. The molecular weight excluding hydrogens is 566 g/mol. The van der Waals surface area contributed by atoms with Gasteiger partial charge in [-0.15, -0.1) is 0 Å². The Kier molecular flexibility index (Phi) is 31.1. The van der Waals surface area contributed by atoms with Crippen LogP contribution in [0.15, 0.2) is 0 Å². The van der Waals surface area contributed by atoms with Crippen LogP contribution in [0.4, 0.5) is 0 Å². The second kappa shape index (κ2) is 32.3. The summed E-state index contributed by atoms with van der Waals surface area (Å²) in [5, 5.41) is 29.0. The zero-order valence-electron chi connectivity index (χ0n) is 29.5. The van der Waals surface area contributed by atoms with E-state index in [1.54, 1.807) is 0 Å². The maximum absolute atomic E-state index is 11.0. The highest BCUT2D eigenvalue weighted by atomic mass is 16.4. The lowest BCUT2D eigenvalue weighted by atomic mass is 10.0.